The second-order valence-electron chi connectivity index (χ2n) is 3.84. The first kappa shape index (κ1) is 12.4. The van der Waals surface area contributed by atoms with Gasteiger partial charge in [0.05, 0.1) is 17.6 Å². The van der Waals surface area contributed by atoms with E-state index < -0.39 is 0 Å². The number of nitrogens with one attached hydrogen (secondary N) is 1. The summed E-state index contributed by atoms with van der Waals surface area (Å²) < 4.78 is 13.7. The highest BCUT2D eigenvalue weighted by atomic mass is 32.1. The second kappa shape index (κ2) is 5.10. The SMILES string of the molecule is Cc1cccc(F)c1Nc1cnccc1C(N)=S. The van der Waals surface area contributed by atoms with Gasteiger partial charge in [0.1, 0.15) is 10.8 Å². The number of aryl methyl sites for hydroxylation is 1. The van der Waals surface area contributed by atoms with Gasteiger partial charge < -0.3 is 11.1 Å². The highest BCUT2D eigenvalue weighted by Gasteiger charge is 2.09. The molecule has 18 heavy (non-hydrogen) atoms. The molecule has 1 aromatic heterocycles. The molecular weight excluding hydrogens is 249 g/mol. The van der Waals surface area contributed by atoms with E-state index in [-0.39, 0.29) is 10.8 Å². The van der Waals surface area contributed by atoms with E-state index in [9.17, 15) is 4.39 Å². The predicted molar refractivity (Wildman–Crippen MR) is 74.5 cm³/mol. The first-order valence-corrected chi connectivity index (χ1v) is 5.76. The Morgan fingerprint density at radius 2 is 2.17 bits per heavy atom. The lowest BCUT2D eigenvalue weighted by atomic mass is 10.1. The van der Waals surface area contributed by atoms with Gasteiger partial charge in [0.15, 0.2) is 0 Å². The molecule has 0 saturated heterocycles. The Balaban J connectivity index is 2.43. The number of rotatable bonds is 3. The van der Waals surface area contributed by atoms with Gasteiger partial charge in [0.2, 0.25) is 0 Å². The molecule has 0 aliphatic heterocycles. The summed E-state index contributed by atoms with van der Waals surface area (Å²) in [5.41, 5.74) is 8.06. The first-order valence-electron chi connectivity index (χ1n) is 5.35. The molecule has 3 nitrogen and oxygen atoms in total. The summed E-state index contributed by atoms with van der Waals surface area (Å²) in [5.74, 6) is -0.326. The van der Waals surface area contributed by atoms with Crippen LogP contribution in [-0.2, 0) is 0 Å². The molecule has 1 heterocycles. The first-order chi connectivity index (χ1) is 8.59. The largest absolute Gasteiger partial charge is 0.389 e. The van der Waals surface area contributed by atoms with Crippen molar-refractivity contribution in [3.8, 4) is 0 Å². The average molecular weight is 261 g/mol. The van der Waals surface area contributed by atoms with Crippen LogP contribution in [0.1, 0.15) is 11.1 Å². The number of halogens is 1. The minimum atomic E-state index is -0.326. The Bertz CT molecular complexity index is 578. The molecule has 5 heteroatoms. The van der Waals surface area contributed by atoms with Crippen molar-refractivity contribution in [3.05, 3.63) is 53.6 Å². The molecular formula is C13H12FN3S. The Morgan fingerprint density at radius 1 is 1.39 bits per heavy atom. The van der Waals surface area contributed by atoms with Crippen LogP contribution in [0.5, 0.6) is 0 Å². The van der Waals surface area contributed by atoms with Gasteiger partial charge in [-0.15, -0.1) is 0 Å². The monoisotopic (exact) mass is 261 g/mol. The summed E-state index contributed by atoms with van der Waals surface area (Å²) in [4.78, 5) is 4.23. The maximum atomic E-state index is 13.7. The number of nitrogens with two attached hydrogens (primary N) is 1. The van der Waals surface area contributed by atoms with Crippen molar-refractivity contribution in [1.82, 2.24) is 4.98 Å². The van der Waals surface area contributed by atoms with Crippen LogP contribution in [0.2, 0.25) is 0 Å². The van der Waals surface area contributed by atoms with Crippen LogP contribution in [0.3, 0.4) is 0 Å². The van der Waals surface area contributed by atoms with Crippen molar-refractivity contribution >= 4 is 28.6 Å². The zero-order valence-electron chi connectivity index (χ0n) is 9.77. The van der Waals surface area contributed by atoms with E-state index in [1.165, 1.54) is 6.07 Å². The molecule has 0 aliphatic carbocycles. The van der Waals surface area contributed by atoms with Crippen molar-refractivity contribution in [1.29, 1.82) is 0 Å². The van der Waals surface area contributed by atoms with E-state index in [0.717, 1.165) is 5.56 Å². The van der Waals surface area contributed by atoms with E-state index in [2.05, 4.69) is 10.3 Å². The van der Waals surface area contributed by atoms with Gasteiger partial charge in [-0.2, -0.15) is 0 Å². The molecule has 0 fully saturated rings. The van der Waals surface area contributed by atoms with Gasteiger partial charge in [-0.3, -0.25) is 4.98 Å². The Kier molecular flexibility index (Phi) is 3.53. The topological polar surface area (TPSA) is 50.9 Å². The Morgan fingerprint density at radius 3 is 2.83 bits per heavy atom. The predicted octanol–water partition coefficient (Wildman–Crippen LogP) is 2.91. The quantitative estimate of drug-likeness (QED) is 0.834. The highest BCUT2D eigenvalue weighted by Crippen LogP contribution is 2.25. The molecule has 1 aromatic carbocycles. The minimum Gasteiger partial charge on any atom is -0.389 e. The molecule has 0 spiro atoms. The zero-order valence-corrected chi connectivity index (χ0v) is 10.6. The molecule has 2 aromatic rings. The molecule has 0 bridgehead atoms. The molecule has 3 N–H and O–H groups in total. The summed E-state index contributed by atoms with van der Waals surface area (Å²) in [7, 11) is 0. The summed E-state index contributed by atoms with van der Waals surface area (Å²) in [6, 6.07) is 6.57. The number of nitrogens with zero attached hydrogens (tertiary/aromatic N) is 1. The number of anilines is 2. The van der Waals surface area contributed by atoms with Crippen LogP contribution in [0.15, 0.2) is 36.7 Å². The van der Waals surface area contributed by atoms with Crippen molar-refractivity contribution in [2.45, 2.75) is 6.92 Å². The van der Waals surface area contributed by atoms with Crippen LogP contribution in [0, 0.1) is 12.7 Å². The molecule has 0 radical (unpaired) electrons. The summed E-state index contributed by atoms with van der Waals surface area (Å²) in [6.45, 7) is 1.82. The smallest absolute Gasteiger partial charge is 0.146 e. The average Bonchev–Trinajstić information content (AvgIpc) is 2.34. The van der Waals surface area contributed by atoms with Crippen molar-refractivity contribution in [2.24, 2.45) is 5.73 Å². The third-order valence-corrected chi connectivity index (χ3v) is 2.79. The Labute approximate surface area is 110 Å². The normalized spacial score (nSPS) is 10.1. The van der Waals surface area contributed by atoms with Gasteiger partial charge in [-0.25, -0.2) is 4.39 Å². The van der Waals surface area contributed by atoms with Crippen LogP contribution < -0.4 is 11.1 Å². The van der Waals surface area contributed by atoms with Gasteiger partial charge in [0.25, 0.3) is 0 Å². The van der Waals surface area contributed by atoms with E-state index in [1.54, 1.807) is 24.5 Å². The van der Waals surface area contributed by atoms with E-state index in [4.69, 9.17) is 18.0 Å². The van der Waals surface area contributed by atoms with E-state index in [1.807, 2.05) is 13.0 Å². The number of thiocarbonyl (C=S) groups is 1. The lowest BCUT2D eigenvalue weighted by molar-refractivity contribution is 0.631. The maximum absolute atomic E-state index is 13.7. The second-order valence-corrected chi connectivity index (χ2v) is 4.28. The molecule has 92 valence electrons. The lowest BCUT2D eigenvalue weighted by Gasteiger charge is -2.13. The third-order valence-electron chi connectivity index (χ3n) is 2.57. The summed E-state index contributed by atoms with van der Waals surface area (Å²) in [5, 5.41) is 2.99. The molecule has 0 aliphatic rings. The molecule has 0 amide bonds. The fraction of sp³-hybridized carbons (Fsp3) is 0.0769. The van der Waals surface area contributed by atoms with Crippen molar-refractivity contribution in [2.75, 3.05) is 5.32 Å². The van der Waals surface area contributed by atoms with E-state index in [0.29, 0.717) is 16.9 Å². The fourth-order valence-corrected chi connectivity index (χ4v) is 1.81. The minimum absolute atomic E-state index is 0.244. The van der Waals surface area contributed by atoms with Gasteiger partial charge in [-0.05, 0) is 24.6 Å². The van der Waals surface area contributed by atoms with Crippen LogP contribution in [-0.4, -0.2) is 9.97 Å². The number of benzene rings is 1. The number of pyridine rings is 1. The standard InChI is InChI=1S/C13H12FN3S/c1-8-3-2-4-10(14)12(8)17-11-7-16-6-5-9(11)13(15)18/h2-7,17H,1H3,(H2,15,18). The fourth-order valence-electron chi connectivity index (χ4n) is 1.63. The van der Waals surface area contributed by atoms with E-state index >= 15 is 0 Å². The highest BCUT2D eigenvalue weighted by molar-refractivity contribution is 7.80. The third kappa shape index (κ3) is 2.46. The summed E-state index contributed by atoms with van der Waals surface area (Å²) in [6.07, 6.45) is 3.16. The van der Waals surface area contributed by atoms with Gasteiger partial charge in [-0.1, -0.05) is 24.4 Å². The number of aromatic nitrogens is 1. The van der Waals surface area contributed by atoms with Crippen molar-refractivity contribution < 1.29 is 4.39 Å². The lowest BCUT2D eigenvalue weighted by Crippen LogP contribution is -2.12. The van der Waals surface area contributed by atoms with Gasteiger partial charge in [0, 0.05) is 11.8 Å². The number of hydrogen-bond acceptors (Lipinski definition) is 3. The van der Waals surface area contributed by atoms with Crippen LogP contribution in [0.4, 0.5) is 15.8 Å². The number of hydrogen-bond donors (Lipinski definition) is 2. The van der Waals surface area contributed by atoms with Crippen LogP contribution >= 0.6 is 12.2 Å². The van der Waals surface area contributed by atoms with Crippen molar-refractivity contribution in [3.63, 3.8) is 0 Å². The molecule has 0 saturated carbocycles. The van der Waals surface area contributed by atoms with Crippen LogP contribution in [0.25, 0.3) is 0 Å². The molecule has 0 atom stereocenters. The summed E-state index contributed by atoms with van der Waals surface area (Å²) >= 11 is 4.95. The maximum Gasteiger partial charge on any atom is 0.146 e. The molecule has 0 unspecified atom stereocenters. The zero-order chi connectivity index (χ0) is 13.1. The van der Waals surface area contributed by atoms with Gasteiger partial charge >= 0.3 is 0 Å². The molecule has 2 rings (SSSR count). The Hall–Kier alpha value is -2.01. The number of para-hydroxylation sites is 1.